The Bertz CT molecular complexity index is 1040. The first kappa shape index (κ1) is 44.0. The van der Waals surface area contributed by atoms with E-state index in [-0.39, 0.29) is 16.5 Å². The van der Waals surface area contributed by atoms with Crippen molar-refractivity contribution in [1.29, 1.82) is 0 Å². The summed E-state index contributed by atoms with van der Waals surface area (Å²) in [5, 5.41) is 0. The first-order valence-corrected chi connectivity index (χ1v) is 20.3. The molecule has 0 saturated carbocycles. The molecule has 0 fully saturated rings. The molecule has 0 heterocycles. The van der Waals surface area contributed by atoms with Crippen LogP contribution in [0.15, 0.2) is 82.8 Å². The van der Waals surface area contributed by atoms with Crippen LogP contribution in [-0.4, -0.2) is 11.4 Å². The first-order valence-electron chi connectivity index (χ1n) is 20.3. The summed E-state index contributed by atoms with van der Waals surface area (Å²) in [4.78, 5) is 10.1. The molecule has 0 spiro atoms. The molecule has 2 nitrogen and oxygen atoms in total. The number of nitrogens with zero attached hydrogens (tertiary/aromatic N) is 2. The Balaban J connectivity index is 0.0000115. The van der Waals surface area contributed by atoms with E-state index in [0.717, 1.165) is 42.1 Å². The third-order valence-electron chi connectivity index (χ3n) is 9.34. The fourth-order valence-electron chi connectivity index (χ4n) is 6.35. The van der Waals surface area contributed by atoms with E-state index in [0.29, 0.717) is 0 Å². The predicted octanol–water partition coefficient (Wildman–Crippen LogP) is 15.7. The monoisotopic (exact) mass is 699 g/mol. The molecule has 0 aromatic heterocycles. The summed E-state index contributed by atoms with van der Waals surface area (Å²) in [6, 6.07) is 20.7. The Morgan fingerprint density at radius 3 is 1.21 bits per heavy atom. The molecule has 0 aliphatic carbocycles. The molecule has 0 saturated heterocycles. The van der Waals surface area contributed by atoms with Crippen LogP contribution >= 0.6 is 0 Å². The Kier molecular flexibility index (Phi) is 30.7. The van der Waals surface area contributed by atoms with Crippen molar-refractivity contribution in [1.82, 2.24) is 0 Å². The van der Waals surface area contributed by atoms with Gasteiger partial charge in [-0.1, -0.05) is 204 Å². The SMILES string of the molecule is CCCCCCCCCCCCCCCCCCCCCCCCC=CC(=Nc1ccccc1)C(CCCCC)=Nc1ccccc1.[Ni]. The summed E-state index contributed by atoms with van der Waals surface area (Å²) in [5.41, 5.74) is 4.11. The van der Waals surface area contributed by atoms with Gasteiger partial charge in [-0.2, -0.15) is 0 Å². The maximum absolute atomic E-state index is 5.07. The Morgan fingerprint density at radius 2 is 0.792 bits per heavy atom. The molecule has 2 aromatic carbocycles. The number of hydrogen-bond acceptors (Lipinski definition) is 2. The van der Waals surface area contributed by atoms with Gasteiger partial charge in [-0.25, -0.2) is 4.99 Å². The fraction of sp³-hybridized carbons (Fsp3) is 0.644. The van der Waals surface area contributed by atoms with E-state index in [2.05, 4.69) is 86.7 Å². The first-order chi connectivity index (χ1) is 23.3. The molecule has 0 unspecified atom stereocenters. The van der Waals surface area contributed by atoms with Crippen LogP contribution in [0.25, 0.3) is 0 Å². The van der Waals surface area contributed by atoms with Gasteiger partial charge in [0.15, 0.2) is 0 Å². The minimum absolute atomic E-state index is 0. The van der Waals surface area contributed by atoms with Crippen LogP contribution in [0.3, 0.4) is 0 Å². The van der Waals surface area contributed by atoms with Crippen LogP contribution < -0.4 is 0 Å². The molecule has 0 radical (unpaired) electrons. The fourth-order valence-corrected chi connectivity index (χ4v) is 6.35. The molecule has 272 valence electrons. The quantitative estimate of drug-likeness (QED) is 0.0425. The minimum atomic E-state index is 0. The smallest absolute Gasteiger partial charge is 0.0848 e. The molecule has 0 N–H and O–H groups in total. The molecule has 0 atom stereocenters. The maximum atomic E-state index is 5.07. The summed E-state index contributed by atoms with van der Waals surface area (Å²) in [5.74, 6) is 0. The largest absolute Gasteiger partial charge is 0.251 e. The van der Waals surface area contributed by atoms with E-state index in [9.17, 15) is 0 Å². The van der Waals surface area contributed by atoms with Crippen molar-refractivity contribution in [3.63, 3.8) is 0 Å². The zero-order valence-electron chi connectivity index (χ0n) is 31.2. The van der Waals surface area contributed by atoms with Gasteiger partial charge in [0.05, 0.1) is 22.8 Å². The molecule has 0 aliphatic rings. The van der Waals surface area contributed by atoms with Crippen molar-refractivity contribution in [2.24, 2.45) is 9.98 Å². The van der Waals surface area contributed by atoms with E-state index >= 15 is 0 Å². The molecule has 2 rings (SSSR count). The van der Waals surface area contributed by atoms with E-state index in [1.165, 1.54) is 154 Å². The van der Waals surface area contributed by atoms with Gasteiger partial charge >= 0.3 is 0 Å². The third-order valence-corrected chi connectivity index (χ3v) is 9.34. The van der Waals surface area contributed by atoms with Crippen molar-refractivity contribution in [3.8, 4) is 0 Å². The van der Waals surface area contributed by atoms with Crippen LogP contribution in [0.5, 0.6) is 0 Å². The average Bonchev–Trinajstić information content (AvgIpc) is 3.10. The van der Waals surface area contributed by atoms with Gasteiger partial charge < -0.3 is 0 Å². The molecular formula is C45H72N2Ni. The standard InChI is InChI=1S/C45H72N2.Ni/c1-3-5-7-8-9-10-11-12-13-14-15-16-17-18-19-20-21-22-23-24-25-26-27-35-41-45(47-43-38-33-29-34-39-43)44(40-30-6-4-2)46-42-36-31-28-32-37-42;/h28-29,31-39,41H,3-27,30,40H2,1-2H3;. The molecule has 0 aliphatic heterocycles. The van der Waals surface area contributed by atoms with Crippen molar-refractivity contribution in [3.05, 3.63) is 72.8 Å². The maximum Gasteiger partial charge on any atom is 0.0848 e. The number of aliphatic imine (C=N–C) groups is 2. The van der Waals surface area contributed by atoms with Crippen LogP contribution in [0.4, 0.5) is 11.4 Å². The average molecular weight is 700 g/mol. The third kappa shape index (κ3) is 25.1. The van der Waals surface area contributed by atoms with Crippen LogP contribution in [0.2, 0.25) is 0 Å². The second kappa shape index (κ2) is 33.5. The van der Waals surface area contributed by atoms with Gasteiger partial charge in [0.1, 0.15) is 0 Å². The van der Waals surface area contributed by atoms with E-state index in [4.69, 9.17) is 9.98 Å². The van der Waals surface area contributed by atoms with E-state index in [1.54, 1.807) is 0 Å². The van der Waals surface area contributed by atoms with Crippen molar-refractivity contribution in [2.45, 2.75) is 187 Å². The van der Waals surface area contributed by atoms with Gasteiger partial charge in [0.2, 0.25) is 0 Å². The summed E-state index contributed by atoms with van der Waals surface area (Å²) >= 11 is 0. The summed E-state index contributed by atoms with van der Waals surface area (Å²) in [6.07, 6.45) is 41.7. The van der Waals surface area contributed by atoms with Gasteiger partial charge in [0.25, 0.3) is 0 Å². The van der Waals surface area contributed by atoms with Crippen LogP contribution in [0.1, 0.15) is 187 Å². The van der Waals surface area contributed by atoms with Crippen LogP contribution in [-0.2, 0) is 16.5 Å². The molecule has 48 heavy (non-hydrogen) atoms. The summed E-state index contributed by atoms with van der Waals surface area (Å²) < 4.78 is 0. The van der Waals surface area contributed by atoms with E-state index in [1.807, 2.05) is 0 Å². The molecule has 3 heteroatoms. The van der Waals surface area contributed by atoms with Crippen molar-refractivity contribution < 1.29 is 16.5 Å². The topological polar surface area (TPSA) is 24.7 Å². The van der Waals surface area contributed by atoms with Crippen LogP contribution in [0, 0.1) is 0 Å². The number of rotatable bonds is 31. The Hall–Kier alpha value is -1.99. The molecule has 2 aromatic rings. The molecule has 0 bridgehead atoms. The number of para-hydroxylation sites is 2. The number of unbranched alkanes of at least 4 members (excludes halogenated alkanes) is 24. The zero-order valence-corrected chi connectivity index (χ0v) is 32.2. The van der Waals surface area contributed by atoms with Gasteiger partial charge in [-0.3, -0.25) is 4.99 Å². The predicted molar refractivity (Wildman–Crippen MR) is 212 cm³/mol. The molecule has 0 amide bonds. The Morgan fingerprint density at radius 1 is 0.438 bits per heavy atom. The van der Waals surface area contributed by atoms with Crippen molar-refractivity contribution >= 4 is 22.8 Å². The van der Waals surface area contributed by atoms with Gasteiger partial charge in [-0.05, 0) is 56.0 Å². The number of hydrogen-bond donors (Lipinski definition) is 0. The second-order valence-electron chi connectivity index (χ2n) is 13.8. The Labute approximate surface area is 308 Å². The number of allylic oxidation sites excluding steroid dienone is 2. The summed E-state index contributed by atoms with van der Waals surface area (Å²) in [7, 11) is 0. The second-order valence-corrected chi connectivity index (χ2v) is 13.8. The van der Waals surface area contributed by atoms with Gasteiger partial charge in [0, 0.05) is 16.5 Å². The zero-order chi connectivity index (χ0) is 33.3. The molecular weight excluding hydrogens is 627 g/mol. The van der Waals surface area contributed by atoms with Gasteiger partial charge in [-0.15, -0.1) is 0 Å². The number of benzene rings is 2. The van der Waals surface area contributed by atoms with Crippen molar-refractivity contribution in [2.75, 3.05) is 0 Å². The summed E-state index contributed by atoms with van der Waals surface area (Å²) in [6.45, 7) is 4.56. The normalized spacial score (nSPS) is 12.1. The minimum Gasteiger partial charge on any atom is -0.251 e. The van der Waals surface area contributed by atoms with E-state index < -0.39 is 0 Å².